The molecule has 5 heteroatoms. The lowest BCUT2D eigenvalue weighted by Crippen LogP contribution is -2.47. The molecule has 21 heavy (non-hydrogen) atoms. The molecule has 2 heterocycles. The standard InChI is InChI=1S/C16H22N2O3/c19-13-17-15(14-4-2-1-3-5-14)12-18-8-6-16(7-9-18)20-10-11-21-16/h1-5,13,15H,6-12H2,(H,17,19). The van der Waals surface area contributed by atoms with Crippen LogP contribution in [0.1, 0.15) is 24.4 Å². The predicted octanol–water partition coefficient (Wildman–Crippen LogP) is 1.31. The Balaban J connectivity index is 1.58. The average Bonchev–Trinajstić information content (AvgIpc) is 2.98. The van der Waals surface area contributed by atoms with Crippen molar-refractivity contribution >= 4 is 6.41 Å². The van der Waals surface area contributed by atoms with Crippen LogP contribution in [0.5, 0.6) is 0 Å². The van der Waals surface area contributed by atoms with E-state index in [-0.39, 0.29) is 11.8 Å². The first-order chi connectivity index (χ1) is 10.3. The third-order valence-corrected chi connectivity index (χ3v) is 4.34. The molecule has 0 bridgehead atoms. The van der Waals surface area contributed by atoms with E-state index in [2.05, 4.69) is 22.3 Å². The number of benzene rings is 1. The number of likely N-dealkylation sites (tertiary alicyclic amines) is 1. The van der Waals surface area contributed by atoms with Crippen molar-refractivity contribution in [3.8, 4) is 0 Å². The molecule has 0 aliphatic carbocycles. The normalized spacial score (nSPS) is 23.0. The topological polar surface area (TPSA) is 50.8 Å². The molecule has 1 atom stereocenters. The summed E-state index contributed by atoms with van der Waals surface area (Å²) in [5, 5.41) is 2.92. The molecule has 0 radical (unpaired) electrons. The molecule has 5 nitrogen and oxygen atoms in total. The second-order valence-electron chi connectivity index (χ2n) is 5.66. The minimum absolute atomic E-state index is 0.0307. The van der Waals surface area contributed by atoms with Crippen LogP contribution >= 0.6 is 0 Å². The Morgan fingerprint density at radius 1 is 1.19 bits per heavy atom. The van der Waals surface area contributed by atoms with Gasteiger partial charge in [-0.1, -0.05) is 30.3 Å². The molecule has 2 aliphatic heterocycles. The first-order valence-corrected chi connectivity index (χ1v) is 7.56. The van der Waals surface area contributed by atoms with E-state index in [1.165, 1.54) is 0 Å². The fraction of sp³-hybridized carbons (Fsp3) is 0.562. The molecule has 1 aromatic rings. The molecule has 3 rings (SSSR count). The highest BCUT2D eigenvalue weighted by molar-refractivity contribution is 5.47. The number of amides is 1. The summed E-state index contributed by atoms with van der Waals surface area (Å²) in [6, 6.07) is 10.1. The lowest BCUT2D eigenvalue weighted by molar-refractivity contribution is -0.185. The molecule has 114 valence electrons. The summed E-state index contributed by atoms with van der Waals surface area (Å²) in [6.45, 7) is 4.10. The van der Waals surface area contributed by atoms with Gasteiger partial charge in [-0.2, -0.15) is 0 Å². The lowest BCUT2D eigenvalue weighted by Gasteiger charge is -2.38. The van der Waals surface area contributed by atoms with Crippen LogP contribution in [-0.2, 0) is 14.3 Å². The van der Waals surface area contributed by atoms with Gasteiger partial charge in [-0.25, -0.2) is 0 Å². The highest BCUT2D eigenvalue weighted by Crippen LogP contribution is 2.31. The van der Waals surface area contributed by atoms with Crippen LogP contribution in [0.4, 0.5) is 0 Å². The van der Waals surface area contributed by atoms with Crippen LogP contribution in [0.3, 0.4) is 0 Å². The summed E-state index contributed by atoms with van der Waals surface area (Å²) in [6.07, 6.45) is 2.58. The number of rotatable bonds is 5. The molecule has 2 aliphatic rings. The Morgan fingerprint density at radius 2 is 1.86 bits per heavy atom. The largest absolute Gasteiger partial charge is 0.351 e. The first kappa shape index (κ1) is 14.5. The van der Waals surface area contributed by atoms with Gasteiger partial charge in [0.1, 0.15) is 0 Å². The molecule has 0 aromatic heterocycles. The van der Waals surface area contributed by atoms with Gasteiger partial charge in [0.2, 0.25) is 6.41 Å². The van der Waals surface area contributed by atoms with Crippen LogP contribution in [0.2, 0.25) is 0 Å². The van der Waals surface area contributed by atoms with Gasteiger partial charge < -0.3 is 19.7 Å². The van der Waals surface area contributed by atoms with E-state index in [1.807, 2.05) is 18.2 Å². The van der Waals surface area contributed by atoms with E-state index >= 15 is 0 Å². The van der Waals surface area contributed by atoms with E-state index in [0.717, 1.165) is 44.4 Å². The zero-order valence-electron chi connectivity index (χ0n) is 12.2. The van der Waals surface area contributed by atoms with Crippen molar-refractivity contribution in [1.82, 2.24) is 10.2 Å². The SMILES string of the molecule is O=CNC(CN1CCC2(CC1)OCCO2)c1ccccc1. The van der Waals surface area contributed by atoms with E-state index < -0.39 is 0 Å². The molecule has 1 aromatic carbocycles. The molecular weight excluding hydrogens is 268 g/mol. The Labute approximate surface area is 125 Å². The molecule has 1 amide bonds. The van der Waals surface area contributed by atoms with Crippen LogP contribution in [0.25, 0.3) is 0 Å². The Hall–Kier alpha value is -1.43. The maximum Gasteiger partial charge on any atom is 0.207 e. The second kappa shape index (κ2) is 6.56. The fourth-order valence-corrected chi connectivity index (χ4v) is 3.14. The lowest BCUT2D eigenvalue weighted by atomic mass is 10.0. The van der Waals surface area contributed by atoms with Crippen molar-refractivity contribution in [1.29, 1.82) is 0 Å². The smallest absolute Gasteiger partial charge is 0.207 e. The van der Waals surface area contributed by atoms with E-state index in [1.54, 1.807) is 0 Å². The number of piperidine rings is 1. The zero-order chi connectivity index (χ0) is 14.5. The van der Waals surface area contributed by atoms with Crippen molar-refractivity contribution in [3.05, 3.63) is 35.9 Å². The van der Waals surface area contributed by atoms with Gasteiger partial charge in [0.15, 0.2) is 5.79 Å². The number of hydrogen-bond acceptors (Lipinski definition) is 4. The zero-order valence-corrected chi connectivity index (χ0v) is 12.2. The van der Waals surface area contributed by atoms with Crippen molar-refractivity contribution in [2.24, 2.45) is 0 Å². The van der Waals surface area contributed by atoms with Gasteiger partial charge in [0, 0.05) is 32.5 Å². The molecule has 1 unspecified atom stereocenters. The number of hydrogen-bond donors (Lipinski definition) is 1. The Kier molecular flexibility index (Phi) is 4.53. The first-order valence-electron chi connectivity index (χ1n) is 7.56. The molecule has 1 spiro atoms. The van der Waals surface area contributed by atoms with Gasteiger partial charge in [-0.3, -0.25) is 4.79 Å². The van der Waals surface area contributed by atoms with Crippen molar-refractivity contribution in [2.45, 2.75) is 24.7 Å². The summed E-state index contributed by atoms with van der Waals surface area (Å²) in [7, 11) is 0. The van der Waals surface area contributed by atoms with Gasteiger partial charge in [-0.05, 0) is 5.56 Å². The second-order valence-corrected chi connectivity index (χ2v) is 5.66. The van der Waals surface area contributed by atoms with Crippen molar-refractivity contribution in [3.63, 3.8) is 0 Å². The summed E-state index contributed by atoms with van der Waals surface area (Å²) < 4.78 is 11.5. The average molecular weight is 290 g/mol. The number of nitrogens with one attached hydrogen (secondary N) is 1. The van der Waals surface area contributed by atoms with Crippen molar-refractivity contribution in [2.75, 3.05) is 32.8 Å². The monoisotopic (exact) mass is 290 g/mol. The third kappa shape index (κ3) is 3.43. The van der Waals surface area contributed by atoms with Crippen molar-refractivity contribution < 1.29 is 14.3 Å². The molecule has 2 saturated heterocycles. The minimum Gasteiger partial charge on any atom is -0.351 e. The number of nitrogens with zero attached hydrogens (tertiary/aromatic N) is 1. The highest BCUT2D eigenvalue weighted by atomic mass is 16.7. The highest BCUT2D eigenvalue weighted by Gasteiger charge is 2.39. The third-order valence-electron chi connectivity index (χ3n) is 4.34. The predicted molar refractivity (Wildman–Crippen MR) is 78.7 cm³/mol. The Bertz CT molecular complexity index is 450. The number of carbonyl (C=O) groups is 1. The molecule has 0 saturated carbocycles. The van der Waals surface area contributed by atoms with Crippen LogP contribution < -0.4 is 5.32 Å². The maximum atomic E-state index is 10.9. The fourth-order valence-electron chi connectivity index (χ4n) is 3.14. The number of ether oxygens (including phenoxy) is 2. The van der Waals surface area contributed by atoms with Crippen LogP contribution in [0.15, 0.2) is 30.3 Å². The van der Waals surface area contributed by atoms with E-state index in [0.29, 0.717) is 13.2 Å². The van der Waals surface area contributed by atoms with Gasteiger partial charge >= 0.3 is 0 Å². The molecule has 2 fully saturated rings. The molecule has 1 N–H and O–H groups in total. The summed E-state index contributed by atoms with van der Waals surface area (Å²) >= 11 is 0. The quantitative estimate of drug-likeness (QED) is 0.831. The van der Waals surface area contributed by atoms with Gasteiger partial charge in [0.05, 0.1) is 19.3 Å². The molecular formula is C16H22N2O3. The van der Waals surface area contributed by atoms with E-state index in [4.69, 9.17) is 9.47 Å². The number of carbonyl (C=O) groups excluding carboxylic acids is 1. The summed E-state index contributed by atoms with van der Waals surface area (Å²) in [5.74, 6) is -0.336. The van der Waals surface area contributed by atoms with Gasteiger partial charge in [0.25, 0.3) is 0 Å². The Morgan fingerprint density at radius 3 is 2.48 bits per heavy atom. The maximum absolute atomic E-state index is 10.9. The van der Waals surface area contributed by atoms with Crippen LogP contribution in [0, 0.1) is 0 Å². The van der Waals surface area contributed by atoms with Gasteiger partial charge in [-0.15, -0.1) is 0 Å². The van der Waals surface area contributed by atoms with E-state index in [9.17, 15) is 4.79 Å². The summed E-state index contributed by atoms with van der Waals surface area (Å²) in [5.41, 5.74) is 1.14. The summed E-state index contributed by atoms with van der Waals surface area (Å²) in [4.78, 5) is 13.2. The van der Waals surface area contributed by atoms with Crippen LogP contribution in [-0.4, -0.2) is 49.9 Å². The minimum atomic E-state index is -0.336.